The second-order valence-corrected chi connectivity index (χ2v) is 8.20. The van der Waals surface area contributed by atoms with Gasteiger partial charge >= 0.3 is 0 Å². The molecule has 0 heterocycles. The predicted octanol–water partition coefficient (Wildman–Crippen LogP) is 5.46. The largest absolute Gasteiger partial charge is 0.457 e. The number of benzene rings is 3. The van der Waals surface area contributed by atoms with Gasteiger partial charge in [-0.3, -0.25) is 4.79 Å². The van der Waals surface area contributed by atoms with E-state index in [-0.39, 0.29) is 23.2 Å². The van der Waals surface area contributed by atoms with E-state index in [0.717, 1.165) is 33.4 Å². The first-order valence-electron chi connectivity index (χ1n) is 9.55. The van der Waals surface area contributed by atoms with Crippen LogP contribution in [0.2, 0.25) is 0 Å². The number of rotatable bonds is 2. The molecule has 0 saturated heterocycles. The van der Waals surface area contributed by atoms with Crippen LogP contribution >= 0.6 is 0 Å². The first kappa shape index (κ1) is 16.5. The molecule has 0 radical (unpaired) electrons. The fourth-order valence-corrected chi connectivity index (χ4v) is 5.12. The molecular formula is C24H22O3. The quantitative estimate of drug-likeness (QED) is 0.661. The average Bonchev–Trinajstić information content (AvgIpc) is 2.96. The minimum atomic E-state index is -0.344. The molecule has 0 bridgehead atoms. The zero-order valence-electron chi connectivity index (χ0n) is 15.3. The third kappa shape index (κ3) is 2.57. The van der Waals surface area contributed by atoms with E-state index in [2.05, 4.69) is 6.92 Å². The monoisotopic (exact) mass is 358 g/mol. The summed E-state index contributed by atoms with van der Waals surface area (Å²) in [6, 6.07) is 19.7. The fourth-order valence-electron chi connectivity index (χ4n) is 5.12. The van der Waals surface area contributed by atoms with E-state index in [4.69, 9.17) is 4.74 Å². The van der Waals surface area contributed by atoms with Crippen LogP contribution in [0.1, 0.15) is 48.0 Å². The van der Waals surface area contributed by atoms with Gasteiger partial charge in [0.1, 0.15) is 11.5 Å². The van der Waals surface area contributed by atoms with Gasteiger partial charge < -0.3 is 9.84 Å². The number of hydrogen-bond acceptors (Lipinski definition) is 3. The second-order valence-electron chi connectivity index (χ2n) is 8.20. The molecule has 136 valence electrons. The topological polar surface area (TPSA) is 46.5 Å². The smallest absolute Gasteiger partial charge is 0.164 e. The van der Waals surface area contributed by atoms with E-state index in [9.17, 15) is 9.90 Å². The number of hydrogen-bond donors (Lipinski definition) is 1. The highest BCUT2D eigenvalue weighted by Crippen LogP contribution is 2.57. The Morgan fingerprint density at radius 3 is 2.52 bits per heavy atom. The number of aliphatic hydroxyl groups is 1. The van der Waals surface area contributed by atoms with Gasteiger partial charge in [0.25, 0.3) is 0 Å². The third-order valence-corrected chi connectivity index (χ3v) is 6.28. The van der Waals surface area contributed by atoms with Gasteiger partial charge in [-0.2, -0.15) is 0 Å². The number of ketones is 1. The Hall–Kier alpha value is -2.65. The molecule has 2 aliphatic rings. The van der Waals surface area contributed by atoms with Crippen molar-refractivity contribution in [1.82, 2.24) is 0 Å². The molecule has 0 aromatic heterocycles. The molecule has 3 heteroatoms. The van der Waals surface area contributed by atoms with Crippen molar-refractivity contribution in [2.24, 2.45) is 5.41 Å². The highest BCUT2D eigenvalue weighted by molar-refractivity contribution is 6.12. The maximum atomic E-state index is 13.1. The SMILES string of the molecule is C[C@@]12CC(=O)c3c(cc(Oc4ccccc4)c4ccccc34)[C@H]1C[C@H](O)C2. The molecular weight excluding hydrogens is 336 g/mol. The lowest BCUT2D eigenvalue weighted by Crippen LogP contribution is -2.31. The summed E-state index contributed by atoms with van der Waals surface area (Å²) in [7, 11) is 0. The minimum Gasteiger partial charge on any atom is -0.457 e. The molecule has 2 aliphatic carbocycles. The van der Waals surface area contributed by atoms with Crippen LogP contribution in [0.15, 0.2) is 60.7 Å². The summed E-state index contributed by atoms with van der Waals surface area (Å²) in [6.07, 6.45) is 1.55. The molecule has 0 unspecified atom stereocenters. The van der Waals surface area contributed by atoms with Crippen molar-refractivity contribution in [3.63, 3.8) is 0 Å². The molecule has 3 aromatic carbocycles. The lowest BCUT2D eigenvalue weighted by molar-refractivity contribution is 0.0875. The summed E-state index contributed by atoms with van der Waals surface area (Å²) in [4.78, 5) is 13.1. The van der Waals surface area contributed by atoms with Gasteiger partial charge in [-0.25, -0.2) is 0 Å². The molecule has 0 aliphatic heterocycles. The molecule has 1 saturated carbocycles. The number of Topliss-reactive ketones (excluding diaryl/α,β-unsaturated/α-hetero) is 1. The highest BCUT2D eigenvalue weighted by atomic mass is 16.5. The van der Waals surface area contributed by atoms with Gasteiger partial charge in [0.05, 0.1) is 6.10 Å². The van der Waals surface area contributed by atoms with Crippen molar-refractivity contribution < 1.29 is 14.6 Å². The van der Waals surface area contributed by atoms with E-state index in [1.165, 1.54) is 0 Å². The van der Waals surface area contributed by atoms with Gasteiger partial charge in [-0.1, -0.05) is 49.4 Å². The van der Waals surface area contributed by atoms with Crippen LogP contribution in [0.4, 0.5) is 0 Å². The second kappa shape index (κ2) is 5.93. The minimum absolute atomic E-state index is 0.171. The van der Waals surface area contributed by atoms with Gasteiger partial charge in [-0.05, 0) is 53.3 Å². The Labute approximate surface area is 158 Å². The summed E-state index contributed by atoms with van der Waals surface area (Å²) < 4.78 is 6.23. The third-order valence-electron chi connectivity index (χ3n) is 6.28. The van der Waals surface area contributed by atoms with E-state index in [0.29, 0.717) is 19.3 Å². The van der Waals surface area contributed by atoms with Crippen LogP contribution in [0.3, 0.4) is 0 Å². The Kier molecular flexibility index (Phi) is 3.63. The lowest BCUT2D eigenvalue weighted by Gasteiger charge is -2.37. The first-order chi connectivity index (χ1) is 13.0. The molecule has 3 nitrogen and oxygen atoms in total. The lowest BCUT2D eigenvalue weighted by atomic mass is 9.65. The van der Waals surface area contributed by atoms with Crippen molar-refractivity contribution in [2.75, 3.05) is 0 Å². The van der Waals surface area contributed by atoms with Gasteiger partial charge in [0, 0.05) is 17.4 Å². The van der Waals surface area contributed by atoms with E-state index >= 15 is 0 Å². The maximum absolute atomic E-state index is 13.1. The van der Waals surface area contributed by atoms with Crippen LogP contribution in [-0.2, 0) is 0 Å². The number of ether oxygens (including phenoxy) is 1. The Morgan fingerprint density at radius 1 is 1.04 bits per heavy atom. The Morgan fingerprint density at radius 2 is 1.74 bits per heavy atom. The standard InChI is InChI=1S/C24H22O3/c1-24-13-15(25)11-20(24)19-12-22(27-16-7-3-2-4-8-16)17-9-5-6-10-18(17)23(19)21(26)14-24/h2-10,12,15,20,25H,11,13-14H2,1H3/t15-,20+,24+/m0/s1. The number of fused-ring (bicyclic) bond motifs is 5. The van der Waals surface area contributed by atoms with Crippen molar-refractivity contribution in [2.45, 2.75) is 38.2 Å². The number of carbonyl (C=O) groups excluding carboxylic acids is 1. The normalized spacial score (nSPS) is 26.7. The fraction of sp³-hybridized carbons (Fsp3) is 0.292. The van der Waals surface area contributed by atoms with Crippen molar-refractivity contribution in [3.8, 4) is 11.5 Å². The summed E-state index contributed by atoms with van der Waals surface area (Å²) in [5, 5.41) is 12.2. The molecule has 1 N–H and O–H groups in total. The highest BCUT2D eigenvalue weighted by Gasteiger charge is 2.50. The molecule has 3 atom stereocenters. The molecule has 5 rings (SSSR count). The molecule has 0 amide bonds. The Balaban J connectivity index is 1.74. The number of carbonyl (C=O) groups is 1. The average molecular weight is 358 g/mol. The van der Waals surface area contributed by atoms with Crippen LogP contribution in [-0.4, -0.2) is 17.0 Å². The zero-order valence-corrected chi connectivity index (χ0v) is 15.3. The van der Waals surface area contributed by atoms with Crippen LogP contribution in [0.25, 0.3) is 10.8 Å². The van der Waals surface area contributed by atoms with Gasteiger partial charge in [0.15, 0.2) is 5.78 Å². The van der Waals surface area contributed by atoms with Gasteiger partial charge in [0.2, 0.25) is 0 Å². The van der Waals surface area contributed by atoms with Crippen molar-refractivity contribution in [1.29, 1.82) is 0 Å². The summed E-state index contributed by atoms with van der Waals surface area (Å²) >= 11 is 0. The summed E-state index contributed by atoms with van der Waals surface area (Å²) in [5.74, 6) is 1.91. The van der Waals surface area contributed by atoms with E-state index < -0.39 is 0 Å². The molecule has 27 heavy (non-hydrogen) atoms. The maximum Gasteiger partial charge on any atom is 0.164 e. The number of para-hydroxylation sites is 1. The zero-order chi connectivity index (χ0) is 18.6. The number of aliphatic hydroxyl groups excluding tert-OH is 1. The molecule has 3 aromatic rings. The van der Waals surface area contributed by atoms with Crippen molar-refractivity contribution >= 4 is 16.6 Å². The summed E-state index contributed by atoms with van der Waals surface area (Å²) in [5.41, 5.74) is 1.69. The first-order valence-corrected chi connectivity index (χ1v) is 9.55. The molecule has 0 spiro atoms. The Bertz CT molecular complexity index is 1040. The van der Waals surface area contributed by atoms with Crippen molar-refractivity contribution in [3.05, 3.63) is 71.8 Å². The molecule has 1 fully saturated rings. The predicted molar refractivity (Wildman–Crippen MR) is 106 cm³/mol. The van der Waals surface area contributed by atoms with Crippen LogP contribution < -0.4 is 4.74 Å². The van der Waals surface area contributed by atoms with E-state index in [1.807, 2.05) is 60.7 Å². The van der Waals surface area contributed by atoms with E-state index in [1.54, 1.807) is 0 Å². The summed E-state index contributed by atoms with van der Waals surface area (Å²) in [6.45, 7) is 2.14. The van der Waals surface area contributed by atoms with Crippen LogP contribution in [0.5, 0.6) is 11.5 Å². The van der Waals surface area contributed by atoms with Crippen LogP contribution in [0, 0.1) is 5.41 Å². The van der Waals surface area contributed by atoms with Gasteiger partial charge in [-0.15, -0.1) is 0 Å².